The maximum Gasteiger partial charge on any atom is 0.0922 e. The zero-order chi connectivity index (χ0) is 10.9. The molecule has 1 aliphatic rings. The Kier molecular flexibility index (Phi) is 2.78. The minimum absolute atomic E-state index is 0.679. The predicted octanol–water partition coefficient (Wildman–Crippen LogP) is 1.15. The molecule has 0 bridgehead atoms. The molecular formula is C12H18N2O. The molecule has 0 spiro atoms. The van der Waals surface area contributed by atoms with Crippen LogP contribution < -0.4 is 5.84 Å². The summed E-state index contributed by atoms with van der Waals surface area (Å²) in [5, 5.41) is 12.3. The third kappa shape index (κ3) is 2.20. The van der Waals surface area contributed by atoms with Gasteiger partial charge in [0.1, 0.15) is 0 Å². The first kappa shape index (κ1) is 10.6. The lowest BCUT2D eigenvalue weighted by molar-refractivity contribution is -0.0262. The second-order valence-corrected chi connectivity index (χ2v) is 4.44. The van der Waals surface area contributed by atoms with Gasteiger partial charge in [0.2, 0.25) is 0 Å². The van der Waals surface area contributed by atoms with E-state index in [9.17, 15) is 5.11 Å². The molecule has 0 atom stereocenters. The Labute approximate surface area is 90.5 Å². The van der Waals surface area contributed by atoms with Crippen LogP contribution in [0.5, 0.6) is 0 Å². The molecule has 82 valence electrons. The van der Waals surface area contributed by atoms with Crippen molar-refractivity contribution in [2.75, 3.05) is 13.1 Å². The summed E-state index contributed by atoms with van der Waals surface area (Å²) < 4.78 is 0. The summed E-state index contributed by atoms with van der Waals surface area (Å²) in [6.45, 7) is 3.56. The highest BCUT2D eigenvalue weighted by Crippen LogP contribution is 2.32. The van der Waals surface area contributed by atoms with E-state index in [1.165, 1.54) is 5.56 Å². The van der Waals surface area contributed by atoms with Crippen molar-refractivity contribution in [1.82, 2.24) is 5.01 Å². The van der Waals surface area contributed by atoms with E-state index in [0.29, 0.717) is 12.8 Å². The summed E-state index contributed by atoms with van der Waals surface area (Å²) in [6, 6.07) is 8.10. The summed E-state index contributed by atoms with van der Waals surface area (Å²) in [7, 11) is 0. The zero-order valence-electron chi connectivity index (χ0n) is 9.11. The van der Waals surface area contributed by atoms with Crippen molar-refractivity contribution >= 4 is 0 Å². The van der Waals surface area contributed by atoms with Crippen LogP contribution in [0.4, 0.5) is 0 Å². The van der Waals surface area contributed by atoms with Gasteiger partial charge in [-0.05, 0) is 25.3 Å². The van der Waals surface area contributed by atoms with Crippen LogP contribution in [0.25, 0.3) is 0 Å². The van der Waals surface area contributed by atoms with Crippen molar-refractivity contribution in [3.63, 3.8) is 0 Å². The summed E-state index contributed by atoms with van der Waals surface area (Å²) in [5.41, 5.74) is 1.54. The van der Waals surface area contributed by atoms with Crippen LogP contribution in [0, 0.1) is 6.92 Å². The van der Waals surface area contributed by atoms with E-state index >= 15 is 0 Å². The molecule has 1 saturated heterocycles. The van der Waals surface area contributed by atoms with Gasteiger partial charge in [-0.15, -0.1) is 0 Å². The van der Waals surface area contributed by atoms with Crippen molar-refractivity contribution in [1.29, 1.82) is 0 Å². The fourth-order valence-electron chi connectivity index (χ4n) is 2.12. The Morgan fingerprint density at radius 1 is 1.33 bits per heavy atom. The molecule has 0 unspecified atom stereocenters. The third-order valence-electron chi connectivity index (χ3n) is 3.18. The molecule has 3 N–H and O–H groups in total. The van der Waals surface area contributed by atoms with Gasteiger partial charge in [0.25, 0.3) is 0 Å². The molecule has 0 amide bonds. The van der Waals surface area contributed by atoms with Crippen LogP contribution in [0.1, 0.15) is 24.0 Å². The molecule has 0 saturated carbocycles. The number of hydrogen-bond donors (Lipinski definition) is 2. The fraction of sp³-hybridized carbons (Fsp3) is 0.500. The average molecular weight is 206 g/mol. The summed E-state index contributed by atoms with van der Waals surface area (Å²) in [5.74, 6) is 5.69. The Morgan fingerprint density at radius 2 is 2.00 bits per heavy atom. The second kappa shape index (κ2) is 3.93. The van der Waals surface area contributed by atoms with E-state index in [1.807, 2.05) is 25.1 Å². The van der Waals surface area contributed by atoms with Crippen LogP contribution in [-0.4, -0.2) is 23.2 Å². The minimum Gasteiger partial charge on any atom is -0.385 e. The molecular weight excluding hydrogens is 188 g/mol. The van der Waals surface area contributed by atoms with Crippen molar-refractivity contribution in [3.8, 4) is 0 Å². The lowest BCUT2D eigenvalue weighted by Crippen LogP contribution is -2.45. The van der Waals surface area contributed by atoms with Gasteiger partial charge in [-0.1, -0.05) is 29.8 Å². The van der Waals surface area contributed by atoms with Gasteiger partial charge in [0, 0.05) is 13.1 Å². The highest BCUT2D eigenvalue weighted by atomic mass is 16.3. The first-order valence-corrected chi connectivity index (χ1v) is 5.39. The smallest absolute Gasteiger partial charge is 0.0922 e. The van der Waals surface area contributed by atoms with E-state index in [0.717, 1.165) is 18.7 Å². The van der Waals surface area contributed by atoms with Crippen molar-refractivity contribution in [2.24, 2.45) is 5.84 Å². The summed E-state index contributed by atoms with van der Waals surface area (Å²) in [4.78, 5) is 0. The fourth-order valence-corrected chi connectivity index (χ4v) is 2.12. The molecule has 3 heteroatoms. The van der Waals surface area contributed by atoms with Gasteiger partial charge >= 0.3 is 0 Å². The molecule has 0 radical (unpaired) electrons. The Bertz CT molecular complexity index is 343. The van der Waals surface area contributed by atoms with E-state index in [-0.39, 0.29) is 0 Å². The largest absolute Gasteiger partial charge is 0.385 e. The lowest BCUT2D eigenvalue weighted by Gasteiger charge is -2.36. The lowest BCUT2D eigenvalue weighted by atomic mass is 9.84. The van der Waals surface area contributed by atoms with Crippen LogP contribution in [0.3, 0.4) is 0 Å². The van der Waals surface area contributed by atoms with Crippen molar-refractivity contribution in [2.45, 2.75) is 25.4 Å². The molecule has 3 nitrogen and oxygen atoms in total. The van der Waals surface area contributed by atoms with Gasteiger partial charge in [-0.2, -0.15) is 0 Å². The Hall–Kier alpha value is -0.900. The van der Waals surface area contributed by atoms with Crippen LogP contribution in [0.15, 0.2) is 24.3 Å². The van der Waals surface area contributed by atoms with Gasteiger partial charge < -0.3 is 5.11 Å². The molecule has 2 rings (SSSR count). The average Bonchev–Trinajstić information content (AvgIpc) is 2.23. The predicted molar refractivity (Wildman–Crippen MR) is 60.1 cm³/mol. The molecule has 1 fully saturated rings. The number of piperidine rings is 1. The molecule has 0 aliphatic carbocycles. The number of aryl methyl sites for hydroxylation is 1. The van der Waals surface area contributed by atoms with E-state index in [2.05, 4.69) is 6.07 Å². The summed E-state index contributed by atoms with van der Waals surface area (Å²) >= 11 is 0. The second-order valence-electron chi connectivity index (χ2n) is 4.44. The van der Waals surface area contributed by atoms with Crippen molar-refractivity contribution in [3.05, 3.63) is 35.4 Å². The number of rotatable bonds is 1. The third-order valence-corrected chi connectivity index (χ3v) is 3.18. The zero-order valence-corrected chi connectivity index (χ0v) is 9.11. The topological polar surface area (TPSA) is 49.5 Å². The highest BCUT2D eigenvalue weighted by molar-refractivity contribution is 5.27. The molecule has 0 aromatic heterocycles. The first-order chi connectivity index (χ1) is 7.10. The maximum absolute atomic E-state index is 10.5. The van der Waals surface area contributed by atoms with Crippen LogP contribution in [0.2, 0.25) is 0 Å². The van der Waals surface area contributed by atoms with Gasteiger partial charge in [0.15, 0.2) is 0 Å². The van der Waals surface area contributed by atoms with E-state index in [1.54, 1.807) is 5.01 Å². The standard InChI is InChI=1S/C12H18N2O/c1-10-3-2-4-11(9-10)12(15)5-7-14(13)8-6-12/h2-4,9,15H,5-8,13H2,1H3. The maximum atomic E-state index is 10.5. The molecule has 15 heavy (non-hydrogen) atoms. The van der Waals surface area contributed by atoms with Crippen LogP contribution >= 0.6 is 0 Å². The number of nitrogens with two attached hydrogens (primary N) is 1. The summed E-state index contributed by atoms with van der Waals surface area (Å²) in [6.07, 6.45) is 1.43. The highest BCUT2D eigenvalue weighted by Gasteiger charge is 2.32. The van der Waals surface area contributed by atoms with Gasteiger partial charge in [0.05, 0.1) is 5.60 Å². The van der Waals surface area contributed by atoms with Crippen LogP contribution in [-0.2, 0) is 5.60 Å². The number of hydrogen-bond acceptors (Lipinski definition) is 3. The molecule has 1 aromatic rings. The molecule has 1 heterocycles. The first-order valence-electron chi connectivity index (χ1n) is 5.39. The number of nitrogens with zero attached hydrogens (tertiary/aromatic N) is 1. The van der Waals surface area contributed by atoms with Gasteiger partial charge in [-0.25, -0.2) is 5.01 Å². The van der Waals surface area contributed by atoms with E-state index < -0.39 is 5.60 Å². The van der Waals surface area contributed by atoms with E-state index in [4.69, 9.17) is 5.84 Å². The molecule has 1 aromatic carbocycles. The molecule has 1 aliphatic heterocycles. The SMILES string of the molecule is Cc1cccc(C2(O)CCN(N)CC2)c1. The number of benzene rings is 1. The number of aliphatic hydroxyl groups is 1. The van der Waals surface area contributed by atoms with Gasteiger partial charge in [-0.3, -0.25) is 5.84 Å². The quantitative estimate of drug-likeness (QED) is 0.678. The Morgan fingerprint density at radius 3 is 2.60 bits per heavy atom. The minimum atomic E-state index is -0.679. The Balaban J connectivity index is 2.22. The number of hydrazine groups is 1. The normalized spacial score (nSPS) is 21.5. The monoisotopic (exact) mass is 206 g/mol. The van der Waals surface area contributed by atoms with Crippen molar-refractivity contribution < 1.29 is 5.11 Å².